The third-order valence-electron chi connectivity index (χ3n) is 5.61. The van der Waals surface area contributed by atoms with E-state index >= 15 is 0 Å². The largest absolute Gasteiger partial charge is 0.380 e. The van der Waals surface area contributed by atoms with Gasteiger partial charge in [0.25, 0.3) is 17.7 Å². The number of ether oxygens (including phenoxy) is 2. The minimum atomic E-state index is -1.71. The number of hydrogen-bond donors (Lipinski definition) is 3. The van der Waals surface area contributed by atoms with Gasteiger partial charge in [-0.15, -0.1) is 0 Å². The molecule has 0 unspecified atom stereocenters. The molecule has 2 aliphatic rings. The minimum Gasteiger partial charge on any atom is -0.380 e. The molecule has 0 bridgehead atoms. The normalized spacial score (nSPS) is 20.0. The maximum atomic E-state index is 13.1. The third-order valence-corrected chi connectivity index (χ3v) is 5.61. The molecule has 10 nitrogen and oxygen atoms in total. The van der Waals surface area contributed by atoms with Crippen LogP contribution < -0.4 is 20.9 Å². The zero-order chi connectivity index (χ0) is 23.4. The molecule has 2 atom stereocenters. The highest BCUT2D eigenvalue weighted by Crippen LogP contribution is 2.27. The second-order valence-electron chi connectivity index (χ2n) is 7.69. The second-order valence-corrected chi connectivity index (χ2v) is 7.69. The van der Waals surface area contributed by atoms with Crippen molar-refractivity contribution < 1.29 is 29.0 Å². The van der Waals surface area contributed by atoms with E-state index in [1.165, 1.54) is 4.90 Å². The smallest absolute Gasteiger partial charge is 0.259 e. The van der Waals surface area contributed by atoms with Crippen LogP contribution in [-0.2, 0) is 30.4 Å². The molecule has 0 aliphatic carbocycles. The summed E-state index contributed by atoms with van der Waals surface area (Å²) in [6.45, 7) is 1.47. The lowest BCUT2D eigenvalue weighted by molar-refractivity contribution is -0.150. The number of aliphatic hydroxyl groups excluding tert-OH is 1. The van der Waals surface area contributed by atoms with Crippen molar-refractivity contribution in [2.45, 2.75) is 18.8 Å². The molecular formula is C23H26N4O6. The summed E-state index contributed by atoms with van der Waals surface area (Å²) in [5.41, 5.74) is 8.05. The van der Waals surface area contributed by atoms with Crippen LogP contribution >= 0.6 is 0 Å². The van der Waals surface area contributed by atoms with Gasteiger partial charge in [-0.3, -0.25) is 14.4 Å². The number of carbonyl (C=O) groups excluding carboxylic acids is 3. The summed E-state index contributed by atoms with van der Waals surface area (Å²) in [7, 11) is 0. The number of hydrogen-bond acceptors (Lipinski definition) is 7. The van der Waals surface area contributed by atoms with Crippen molar-refractivity contribution in [1.29, 1.82) is 0 Å². The molecule has 4 N–H and O–H groups in total. The maximum absolute atomic E-state index is 13.1. The maximum Gasteiger partial charge on any atom is 0.259 e. The molecule has 3 amide bonds. The number of nitrogens with two attached hydrogens (primary N) is 1. The lowest BCUT2D eigenvalue weighted by Gasteiger charge is -2.35. The first-order chi connectivity index (χ1) is 16.0. The second kappa shape index (κ2) is 10.1. The number of aliphatic hydroxyl groups is 1. The highest BCUT2D eigenvalue weighted by atomic mass is 16.5. The number of benzene rings is 2. The molecular weight excluding hydrogens is 428 g/mol. The summed E-state index contributed by atoms with van der Waals surface area (Å²) in [4.78, 5) is 41.0. The quantitative estimate of drug-likeness (QED) is 0.569. The number of amides is 3. The van der Waals surface area contributed by atoms with Gasteiger partial charge in [0.2, 0.25) is 0 Å². The number of rotatable bonds is 6. The molecule has 10 heteroatoms. The van der Waals surface area contributed by atoms with Gasteiger partial charge in [-0.25, -0.2) is 0 Å². The van der Waals surface area contributed by atoms with E-state index in [2.05, 4.69) is 5.32 Å². The Morgan fingerprint density at radius 1 is 1.09 bits per heavy atom. The molecule has 0 spiro atoms. The van der Waals surface area contributed by atoms with E-state index in [-0.39, 0.29) is 32.2 Å². The minimum absolute atomic E-state index is 0.0113. The molecule has 2 aromatic carbocycles. The van der Waals surface area contributed by atoms with E-state index in [1.807, 2.05) is 0 Å². The molecule has 2 fully saturated rings. The Morgan fingerprint density at radius 3 is 2.58 bits per heavy atom. The van der Waals surface area contributed by atoms with Gasteiger partial charge in [0.1, 0.15) is 6.61 Å². The van der Waals surface area contributed by atoms with Gasteiger partial charge in [-0.05, 0) is 29.8 Å². The zero-order valence-electron chi connectivity index (χ0n) is 18.0. The molecule has 33 heavy (non-hydrogen) atoms. The molecule has 2 aliphatic heterocycles. The fourth-order valence-electron chi connectivity index (χ4n) is 3.87. The number of carbonyl (C=O) groups is 3. The Morgan fingerprint density at radius 2 is 1.82 bits per heavy atom. The van der Waals surface area contributed by atoms with Gasteiger partial charge in [0.05, 0.1) is 13.2 Å². The third kappa shape index (κ3) is 4.88. The van der Waals surface area contributed by atoms with E-state index in [9.17, 15) is 19.5 Å². The van der Waals surface area contributed by atoms with Crippen LogP contribution in [0.4, 0.5) is 17.1 Å². The van der Waals surface area contributed by atoms with Gasteiger partial charge in [-0.1, -0.05) is 24.3 Å². The first kappa shape index (κ1) is 22.9. The van der Waals surface area contributed by atoms with Gasteiger partial charge in [0, 0.05) is 36.7 Å². The van der Waals surface area contributed by atoms with Gasteiger partial charge < -0.3 is 35.4 Å². The summed E-state index contributed by atoms with van der Waals surface area (Å²) < 4.78 is 10.6. The molecule has 0 saturated carbocycles. The fourth-order valence-corrected chi connectivity index (χ4v) is 3.87. The fraction of sp³-hybridized carbons (Fsp3) is 0.348. The van der Waals surface area contributed by atoms with Crippen molar-refractivity contribution in [3.05, 3.63) is 54.1 Å². The van der Waals surface area contributed by atoms with Crippen molar-refractivity contribution in [2.75, 3.05) is 48.0 Å². The predicted octanol–water partition coefficient (Wildman–Crippen LogP) is 0.240. The Balaban J connectivity index is 1.49. The van der Waals surface area contributed by atoms with E-state index in [0.717, 1.165) is 0 Å². The van der Waals surface area contributed by atoms with Crippen molar-refractivity contribution in [1.82, 2.24) is 0 Å². The van der Waals surface area contributed by atoms with Crippen molar-refractivity contribution >= 4 is 34.8 Å². The summed E-state index contributed by atoms with van der Waals surface area (Å²) in [6.07, 6.45) is -3.08. The van der Waals surface area contributed by atoms with Crippen molar-refractivity contribution in [3.63, 3.8) is 0 Å². The molecule has 0 radical (unpaired) electrons. The summed E-state index contributed by atoms with van der Waals surface area (Å²) in [6, 6.07) is 14.0. The number of anilines is 3. The highest BCUT2D eigenvalue weighted by molar-refractivity contribution is 6.04. The average molecular weight is 454 g/mol. The lowest BCUT2D eigenvalue weighted by atomic mass is 10.1. The average Bonchev–Trinajstić information content (AvgIpc) is 2.84. The van der Waals surface area contributed by atoms with Gasteiger partial charge >= 0.3 is 0 Å². The van der Waals surface area contributed by atoms with Crippen LogP contribution in [0, 0.1) is 0 Å². The zero-order valence-corrected chi connectivity index (χ0v) is 18.0. The van der Waals surface area contributed by atoms with E-state index in [4.69, 9.17) is 15.2 Å². The topological polar surface area (TPSA) is 134 Å². The number of para-hydroxylation sites is 1. The molecule has 2 heterocycles. The van der Waals surface area contributed by atoms with E-state index in [1.54, 1.807) is 53.4 Å². The molecule has 2 saturated heterocycles. The van der Waals surface area contributed by atoms with Gasteiger partial charge in [-0.2, -0.15) is 0 Å². The van der Waals surface area contributed by atoms with Crippen LogP contribution in [-0.4, -0.2) is 67.9 Å². The first-order valence-electron chi connectivity index (χ1n) is 10.7. The standard InChI is InChI=1S/C23H26N4O6/c24-13-15-4-1-2-7-18(15)25-22(30)20(29)21-23(31)27(9-11-33-21)17-6-3-5-16(12-17)26-8-10-32-14-19(26)28/h1-7,12,20-21,29H,8-11,13-14,24H2,(H,25,30)/t20-,21-/m1/s1. The summed E-state index contributed by atoms with van der Waals surface area (Å²) >= 11 is 0. The highest BCUT2D eigenvalue weighted by Gasteiger charge is 2.39. The van der Waals surface area contributed by atoms with Crippen LogP contribution in [0.5, 0.6) is 0 Å². The number of nitrogens with zero attached hydrogens (tertiary/aromatic N) is 2. The van der Waals surface area contributed by atoms with Crippen molar-refractivity contribution in [3.8, 4) is 0 Å². The molecule has 174 valence electrons. The van der Waals surface area contributed by atoms with Crippen LogP contribution in [0.15, 0.2) is 48.5 Å². The molecule has 4 rings (SSSR count). The van der Waals surface area contributed by atoms with E-state index < -0.39 is 24.0 Å². The van der Waals surface area contributed by atoms with E-state index in [0.29, 0.717) is 35.8 Å². The Bertz CT molecular complexity index is 1050. The Hall–Kier alpha value is -3.31. The monoisotopic (exact) mass is 454 g/mol. The first-order valence-corrected chi connectivity index (χ1v) is 10.7. The van der Waals surface area contributed by atoms with Gasteiger partial charge in [0.15, 0.2) is 12.2 Å². The Labute approximate surface area is 190 Å². The van der Waals surface area contributed by atoms with Crippen LogP contribution in [0.2, 0.25) is 0 Å². The summed E-state index contributed by atoms with van der Waals surface area (Å²) in [5, 5.41) is 13.2. The van der Waals surface area contributed by atoms with Crippen molar-refractivity contribution in [2.24, 2.45) is 5.73 Å². The molecule has 2 aromatic rings. The number of nitrogens with one attached hydrogen (secondary N) is 1. The molecule has 0 aromatic heterocycles. The lowest BCUT2D eigenvalue weighted by Crippen LogP contribution is -2.55. The van der Waals surface area contributed by atoms with Crippen LogP contribution in [0.3, 0.4) is 0 Å². The van der Waals surface area contributed by atoms with Crippen LogP contribution in [0.1, 0.15) is 5.56 Å². The summed E-state index contributed by atoms with van der Waals surface area (Å²) in [5.74, 6) is -1.46. The van der Waals surface area contributed by atoms with Crippen LogP contribution in [0.25, 0.3) is 0 Å². The number of morpholine rings is 2. The predicted molar refractivity (Wildman–Crippen MR) is 121 cm³/mol. The Kier molecular flexibility index (Phi) is 6.99. The SMILES string of the molecule is NCc1ccccc1NC(=O)[C@H](O)[C@H]1OCCN(c2cccc(N3CCOCC3=O)c2)C1=O.